The van der Waals surface area contributed by atoms with Gasteiger partial charge in [-0.3, -0.25) is 4.79 Å². The van der Waals surface area contributed by atoms with E-state index in [2.05, 4.69) is 26.1 Å². The Morgan fingerprint density at radius 2 is 1.69 bits per heavy atom. The van der Waals surface area contributed by atoms with Crippen LogP contribution in [0.1, 0.15) is 62.7 Å². The molecule has 0 aliphatic carbocycles. The zero-order valence-electron chi connectivity index (χ0n) is 12.3. The van der Waals surface area contributed by atoms with E-state index >= 15 is 0 Å². The first-order chi connectivity index (χ1) is 7.47. The second-order valence-corrected chi connectivity index (χ2v) is 4.71. The van der Waals surface area contributed by atoms with Crippen molar-refractivity contribution in [3.8, 4) is 0 Å². The Morgan fingerprint density at radius 1 is 1.19 bits per heavy atom. The highest BCUT2D eigenvalue weighted by Gasteiger charge is 2.16. The van der Waals surface area contributed by atoms with Crippen molar-refractivity contribution < 1.29 is 6.22 Å². The monoisotopic (exact) mass is 231 g/mol. The first-order valence-corrected chi connectivity index (χ1v) is 6.73. The molecule has 1 N–H and O–H groups in total. The van der Waals surface area contributed by atoms with Gasteiger partial charge in [-0.25, -0.2) is 0 Å². The molecular weight excluding hydrogens is 198 g/mol. The summed E-state index contributed by atoms with van der Waals surface area (Å²) in [4.78, 5) is 11.6. The molecule has 0 aromatic heterocycles. The van der Waals surface area contributed by atoms with Crippen LogP contribution in [-0.4, -0.2) is 18.4 Å². The highest BCUT2D eigenvalue weighted by Crippen LogP contribution is 2.11. The molecule has 0 aliphatic heterocycles. The maximum atomic E-state index is 11.6. The van der Waals surface area contributed by atoms with Gasteiger partial charge in [0.05, 0.1) is 0 Å². The van der Waals surface area contributed by atoms with Gasteiger partial charge in [-0.05, 0) is 18.9 Å². The Morgan fingerprint density at radius 3 is 2.00 bits per heavy atom. The molecule has 2 heteroatoms. The second kappa shape index (κ2) is 11.1. The van der Waals surface area contributed by atoms with Crippen LogP contribution in [0.15, 0.2) is 0 Å². The van der Waals surface area contributed by atoms with Crippen LogP contribution < -0.4 is 5.32 Å². The molecule has 0 saturated carbocycles. The lowest BCUT2D eigenvalue weighted by Gasteiger charge is -2.20. The van der Waals surface area contributed by atoms with Gasteiger partial charge in [0.25, 0.3) is 0 Å². The van der Waals surface area contributed by atoms with E-state index in [-0.39, 0.29) is 7.34 Å². The summed E-state index contributed by atoms with van der Waals surface area (Å²) in [6, 6.07) is 0.370. The Kier molecular flexibility index (Phi) is 12.5. The van der Waals surface area contributed by atoms with Gasteiger partial charge in [0.2, 0.25) is 0 Å². The van der Waals surface area contributed by atoms with E-state index in [0.717, 1.165) is 13.0 Å². The number of rotatable bonds is 7. The van der Waals surface area contributed by atoms with Gasteiger partial charge < -0.3 is 5.32 Å². The van der Waals surface area contributed by atoms with E-state index in [1.165, 1.54) is 0 Å². The van der Waals surface area contributed by atoms with Gasteiger partial charge in [-0.2, -0.15) is 0 Å². The minimum absolute atomic E-state index is 0. The molecule has 0 amide bonds. The molecule has 0 aromatic rings. The third kappa shape index (κ3) is 10.2. The van der Waals surface area contributed by atoms with Crippen molar-refractivity contribution in [3.05, 3.63) is 0 Å². The molecule has 0 aromatic carbocycles. The quantitative estimate of drug-likeness (QED) is 0.720. The first-order valence-electron chi connectivity index (χ1n) is 6.73. The third-order valence-corrected chi connectivity index (χ3v) is 2.34. The lowest BCUT2D eigenvalue weighted by Crippen LogP contribution is -2.33. The molecule has 0 fully saturated rings. The van der Waals surface area contributed by atoms with Gasteiger partial charge >= 0.3 is 0 Å². The van der Waals surface area contributed by atoms with Crippen LogP contribution in [0.3, 0.4) is 0 Å². The molecule has 100 valence electrons. The van der Waals surface area contributed by atoms with E-state index < -0.39 is 0 Å². The highest BCUT2D eigenvalue weighted by atomic mass is 16.1. The van der Waals surface area contributed by atoms with Crippen LogP contribution >= 0.6 is 0 Å². The Hall–Kier alpha value is -0.370. The molecule has 0 saturated heterocycles. The van der Waals surface area contributed by atoms with Gasteiger partial charge in [-0.15, -0.1) is 0 Å². The average molecular weight is 231 g/mol. The number of carbonyl (C=O) groups excluding carboxylic acids is 1. The minimum atomic E-state index is 0. The van der Waals surface area contributed by atoms with Gasteiger partial charge in [-0.1, -0.05) is 48.5 Å². The number of hydrogen-bond acceptors (Lipinski definition) is 2. The number of nitrogens with one attached hydrogen (secondary N) is 1. The van der Waals surface area contributed by atoms with Crippen LogP contribution in [0, 0.1) is 11.8 Å². The molecule has 0 heterocycles. The van der Waals surface area contributed by atoms with Crippen molar-refractivity contribution >= 4 is 5.78 Å². The zero-order chi connectivity index (χ0) is 13.1. The molecule has 0 rings (SSSR count). The average Bonchev–Trinajstić information content (AvgIpc) is 2.20. The van der Waals surface area contributed by atoms with Crippen molar-refractivity contribution in [2.24, 2.45) is 11.8 Å². The van der Waals surface area contributed by atoms with Crippen molar-refractivity contribution in [1.29, 1.82) is 0 Å². The van der Waals surface area contributed by atoms with Crippen molar-refractivity contribution in [2.45, 2.75) is 67.3 Å². The second-order valence-electron chi connectivity index (χ2n) is 4.71. The number of hydrogen-bond donors (Lipinski definition) is 1. The molecule has 1 atom stereocenters. The molecule has 0 bridgehead atoms. The van der Waals surface area contributed by atoms with E-state index in [1.54, 1.807) is 0 Å². The normalized spacial score (nSPS) is 12.3. The van der Waals surface area contributed by atoms with Crippen LogP contribution in [-0.2, 0) is 4.79 Å². The van der Waals surface area contributed by atoms with E-state index in [9.17, 15) is 4.79 Å². The summed E-state index contributed by atoms with van der Waals surface area (Å²) in [5, 5.41) is 3.38. The highest BCUT2D eigenvalue weighted by molar-refractivity contribution is 5.80. The van der Waals surface area contributed by atoms with Crippen LogP contribution in [0.2, 0.25) is 0 Å². The maximum absolute atomic E-state index is 11.6. The Labute approximate surface area is 104 Å². The predicted octanol–water partition coefficient (Wildman–Crippen LogP) is 3.90. The summed E-state index contributed by atoms with van der Waals surface area (Å²) in [6.45, 7) is 15.4. The van der Waals surface area contributed by atoms with Crippen LogP contribution in [0.25, 0.3) is 0 Å². The third-order valence-electron chi connectivity index (χ3n) is 2.34. The molecule has 0 spiro atoms. The molecule has 16 heavy (non-hydrogen) atoms. The Balaban J connectivity index is -0.000000616. The summed E-state index contributed by atoms with van der Waals surface area (Å²) < 4.78 is 0. The fourth-order valence-corrected chi connectivity index (χ4v) is 1.58. The summed E-state index contributed by atoms with van der Waals surface area (Å²) in [6.07, 6.45) is 1.77. The lowest BCUT2D eigenvalue weighted by molar-refractivity contribution is -0.122. The van der Waals surface area contributed by atoms with Gasteiger partial charge in [0.1, 0.15) is 5.78 Å². The zero-order valence-corrected chi connectivity index (χ0v) is 12.3. The van der Waals surface area contributed by atoms with Crippen molar-refractivity contribution in [3.63, 3.8) is 0 Å². The summed E-state index contributed by atoms with van der Waals surface area (Å²) in [7, 11) is 0. The van der Waals surface area contributed by atoms with Gasteiger partial charge in [0.15, 0.2) is 0 Å². The lowest BCUT2D eigenvalue weighted by atomic mass is 9.95. The topological polar surface area (TPSA) is 29.1 Å². The Bertz CT molecular complexity index is 170. The minimum Gasteiger partial charge on any atom is -0.314 e. The summed E-state index contributed by atoms with van der Waals surface area (Å²) >= 11 is 0. The van der Waals surface area contributed by atoms with E-state index in [4.69, 9.17) is 0 Å². The number of Topliss-reactive ketones (excluding diaryl/α,β-unsaturated/α-hetero) is 1. The first kappa shape index (κ1) is 18.0. The van der Waals surface area contributed by atoms with Crippen molar-refractivity contribution in [2.75, 3.05) is 6.54 Å². The van der Waals surface area contributed by atoms with Gasteiger partial charge in [0, 0.05) is 19.8 Å². The standard InChI is InChI=1S/C12H25NO.C2H6.H2/c1-6-13-11(7-9(2)3)8-12(14)10(4)5;1-2;/h9-11,13H,6-8H2,1-5H3;1-2H3;1H/t11-;;/m0../s1. The van der Waals surface area contributed by atoms with E-state index in [1.807, 2.05) is 27.7 Å². The van der Waals surface area contributed by atoms with Crippen LogP contribution in [0.5, 0.6) is 0 Å². The fraction of sp³-hybridized carbons (Fsp3) is 0.929. The summed E-state index contributed by atoms with van der Waals surface area (Å²) in [5.74, 6) is 1.19. The molecule has 0 unspecified atom stereocenters. The molecule has 0 aliphatic rings. The fourth-order valence-electron chi connectivity index (χ4n) is 1.58. The maximum Gasteiger partial charge on any atom is 0.136 e. The molecule has 0 radical (unpaired) electrons. The number of ketones is 1. The van der Waals surface area contributed by atoms with Crippen molar-refractivity contribution in [1.82, 2.24) is 5.32 Å². The predicted molar refractivity (Wildman–Crippen MR) is 74.8 cm³/mol. The summed E-state index contributed by atoms with van der Waals surface area (Å²) in [5.41, 5.74) is 0. The number of carbonyl (C=O) groups is 1. The molecule has 2 nitrogen and oxygen atoms in total. The van der Waals surface area contributed by atoms with Crippen LogP contribution in [0.4, 0.5) is 0 Å². The largest absolute Gasteiger partial charge is 0.314 e. The van der Waals surface area contributed by atoms with E-state index in [0.29, 0.717) is 24.2 Å². The smallest absolute Gasteiger partial charge is 0.136 e. The SMILES string of the molecule is CC.CCN[C@H](CC(=O)C(C)C)CC(C)C.[HH]. The molecular formula is C14H33NO.